The average Bonchev–Trinajstić information content (AvgIpc) is 3.79. The van der Waals surface area contributed by atoms with Crippen LogP contribution in [0.3, 0.4) is 0 Å². The van der Waals surface area contributed by atoms with Crippen LogP contribution < -0.4 is 21.5 Å². The standard InChI is InChI=1S/C21H22ClN3O3S.C15H11ClN2O2S/c1-24-13-18(20(27)23-11-14-2-4-15(22)5-3-14)19(26)17-10-16(29-21(17)24)12-25-6-8-28-9-7-25;16-10-3-1-9(2-4-10)7-17-14(20)12-8-18-15-11(13(12)19)5-6-21-15/h2-5,10,13H,6-9,11-12H2,1H3,(H,23,27);1-6,8H,7H2,(H,17,20)(H,18,19). The maximum absolute atomic E-state index is 13.0. The Morgan fingerprint density at radius 2 is 1.42 bits per heavy atom. The fourth-order valence-electron chi connectivity index (χ4n) is 5.41. The number of nitrogens with zero attached hydrogens (tertiary/aromatic N) is 2. The SMILES string of the molecule is Cn1cc(C(=O)NCc2ccc(Cl)cc2)c(=O)c2cc(CN3CCOCC3)sc21.O=C(NCc1ccc(Cl)cc1)c1c[nH]c2sccc2c1=O. The molecular weight excluding hydrogens is 717 g/mol. The summed E-state index contributed by atoms with van der Waals surface area (Å²) in [5, 5.41) is 9.80. The van der Waals surface area contributed by atoms with Crippen LogP contribution in [0.4, 0.5) is 0 Å². The topological polar surface area (TPSA) is 126 Å². The van der Waals surface area contributed by atoms with E-state index in [0.717, 1.165) is 58.5 Å². The molecule has 50 heavy (non-hydrogen) atoms. The molecule has 1 saturated heterocycles. The van der Waals surface area contributed by atoms with E-state index < -0.39 is 0 Å². The third kappa shape index (κ3) is 8.52. The number of ether oxygens (including phenoxy) is 1. The Labute approximate surface area is 305 Å². The third-order valence-electron chi connectivity index (χ3n) is 8.10. The molecule has 5 heterocycles. The predicted octanol–water partition coefficient (Wildman–Crippen LogP) is 6.19. The van der Waals surface area contributed by atoms with Crippen molar-refractivity contribution in [2.75, 3.05) is 26.3 Å². The fraction of sp³-hybridized carbons (Fsp3) is 0.222. The lowest BCUT2D eigenvalue weighted by Crippen LogP contribution is -2.35. The zero-order valence-corrected chi connectivity index (χ0v) is 30.1. The number of rotatable bonds is 8. The van der Waals surface area contributed by atoms with Crippen LogP contribution in [0.1, 0.15) is 36.7 Å². The molecule has 1 aliphatic heterocycles. The molecule has 4 aromatic heterocycles. The second-order valence-electron chi connectivity index (χ2n) is 11.6. The number of thiophene rings is 2. The van der Waals surface area contributed by atoms with Crippen molar-refractivity contribution in [1.82, 2.24) is 25.1 Å². The molecule has 10 nitrogen and oxygen atoms in total. The average molecular weight is 751 g/mol. The smallest absolute Gasteiger partial charge is 0.257 e. The summed E-state index contributed by atoms with van der Waals surface area (Å²) < 4.78 is 7.26. The number of morpholine rings is 1. The van der Waals surface area contributed by atoms with Gasteiger partial charge >= 0.3 is 0 Å². The van der Waals surface area contributed by atoms with E-state index in [2.05, 4.69) is 20.5 Å². The van der Waals surface area contributed by atoms with Crippen LogP contribution in [0.5, 0.6) is 0 Å². The van der Waals surface area contributed by atoms with Crippen molar-refractivity contribution in [2.24, 2.45) is 7.05 Å². The molecule has 0 radical (unpaired) electrons. The monoisotopic (exact) mass is 749 g/mol. The highest BCUT2D eigenvalue weighted by Gasteiger charge is 2.19. The summed E-state index contributed by atoms with van der Waals surface area (Å²) in [6.45, 7) is 4.74. The quantitative estimate of drug-likeness (QED) is 0.171. The van der Waals surface area contributed by atoms with Gasteiger partial charge in [-0.25, -0.2) is 0 Å². The van der Waals surface area contributed by atoms with Crippen molar-refractivity contribution >= 4 is 78.1 Å². The molecule has 258 valence electrons. The van der Waals surface area contributed by atoms with E-state index in [0.29, 0.717) is 33.9 Å². The number of amides is 2. The van der Waals surface area contributed by atoms with Gasteiger partial charge in [-0.2, -0.15) is 0 Å². The molecule has 14 heteroatoms. The minimum absolute atomic E-state index is 0.120. The van der Waals surface area contributed by atoms with Crippen LogP contribution in [0, 0.1) is 0 Å². The fourth-order valence-corrected chi connectivity index (χ4v) is 7.55. The molecule has 1 aliphatic rings. The van der Waals surface area contributed by atoms with E-state index in [1.165, 1.54) is 17.5 Å². The van der Waals surface area contributed by atoms with Crippen LogP contribution in [0.15, 0.2) is 88.0 Å². The summed E-state index contributed by atoms with van der Waals surface area (Å²) >= 11 is 14.7. The number of nitrogens with one attached hydrogen (secondary N) is 3. The van der Waals surface area contributed by atoms with Gasteiger partial charge in [-0.1, -0.05) is 47.5 Å². The van der Waals surface area contributed by atoms with E-state index >= 15 is 0 Å². The molecule has 0 unspecified atom stereocenters. The van der Waals surface area contributed by atoms with E-state index in [1.807, 2.05) is 47.3 Å². The van der Waals surface area contributed by atoms with Crippen LogP contribution >= 0.6 is 45.9 Å². The van der Waals surface area contributed by atoms with Gasteiger partial charge in [-0.3, -0.25) is 24.1 Å². The van der Waals surface area contributed by atoms with Gasteiger partial charge in [-0.05, 0) is 52.9 Å². The Morgan fingerprint density at radius 1 is 0.840 bits per heavy atom. The minimum atomic E-state index is -0.390. The molecule has 3 N–H and O–H groups in total. The van der Waals surface area contributed by atoms with Gasteiger partial charge in [0.25, 0.3) is 11.8 Å². The normalized spacial score (nSPS) is 13.2. The van der Waals surface area contributed by atoms with Crippen molar-refractivity contribution in [1.29, 1.82) is 0 Å². The number of hydrogen-bond acceptors (Lipinski definition) is 8. The Kier molecular flexibility index (Phi) is 11.5. The number of aromatic nitrogens is 2. The number of carbonyl (C=O) groups is 2. The van der Waals surface area contributed by atoms with Crippen molar-refractivity contribution in [3.63, 3.8) is 0 Å². The molecule has 0 saturated carbocycles. The van der Waals surface area contributed by atoms with E-state index in [1.54, 1.807) is 47.9 Å². The summed E-state index contributed by atoms with van der Waals surface area (Å²) in [6.07, 6.45) is 3.08. The maximum Gasteiger partial charge on any atom is 0.257 e. The number of fused-ring (bicyclic) bond motifs is 2. The molecule has 1 fully saturated rings. The second kappa shape index (κ2) is 16.2. The molecule has 7 rings (SSSR count). The number of aromatic amines is 1. The number of H-pyrrole nitrogens is 1. The minimum Gasteiger partial charge on any atom is -0.379 e. The molecule has 0 aliphatic carbocycles. The summed E-state index contributed by atoms with van der Waals surface area (Å²) in [6, 6.07) is 18.1. The van der Waals surface area contributed by atoms with Gasteiger partial charge in [0.2, 0.25) is 10.9 Å². The number of halogens is 2. The number of aryl methyl sites for hydroxylation is 1. The molecule has 0 spiro atoms. The highest BCUT2D eigenvalue weighted by Crippen LogP contribution is 2.25. The summed E-state index contributed by atoms with van der Waals surface area (Å²) in [5.41, 5.74) is 1.64. The number of pyridine rings is 2. The number of benzene rings is 2. The van der Waals surface area contributed by atoms with E-state index in [-0.39, 0.29) is 33.8 Å². The highest BCUT2D eigenvalue weighted by molar-refractivity contribution is 7.18. The molecule has 0 atom stereocenters. The Hall–Kier alpha value is -4.30. The molecule has 2 amide bonds. The third-order valence-corrected chi connectivity index (χ3v) is 10.7. The predicted molar refractivity (Wildman–Crippen MR) is 201 cm³/mol. The second-order valence-corrected chi connectivity index (χ2v) is 14.5. The zero-order chi connectivity index (χ0) is 35.2. The first kappa shape index (κ1) is 35.5. The van der Waals surface area contributed by atoms with Crippen LogP contribution in [-0.2, 0) is 31.4 Å². The van der Waals surface area contributed by atoms with Crippen molar-refractivity contribution in [3.8, 4) is 0 Å². The first-order valence-corrected chi connectivity index (χ1v) is 18.2. The number of carbonyl (C=O) groups excluding carboxylic acids is 2. The first-order chi connectivity index (χ1) is 24.2. The van der Waals surface area contributed by atoms with E-state index in [4.69, 9.17) is 27.9 Å². The maximum atomic E-state index is 13.0. The van der Waals surface area contributed by atoms with Gasteiger partial charge in [0.15, 0.2) is 0 Å². The number of hydrogen-bond donors (Lipinski definition) is 3. The van der Waals surface area contributed by atoms with Gasteiger partial charge in [0.1, 0.15) is 20.8 Å². The van der Waals surface area contributed by atoms with Crippen molar-refractivity contribution in [3.05, 3.63) is 136 Å². The Bertz CT molecular complexity index is 2260. The lowest BCUT2D eigenvalue weighted by molar-refractivity contribution is 0.0346. The van der Waals surface area contributed by atoms with Gasteiger partial charge in [0.05, 0.1) is 24.0 Å². The van der Waals surface area contributed by atoms with Crippen molar-refractivity contribution < 1.29 is 14.3 Å². The first-order valence-electron chi connectivity index (χ1n) is 15.7. The summed E-state index contributed by atoms with van der Waals surface area (Å²) in [7, 11) is 1.87. The van der Waals surface area contributed by atoms with Gasteiger partial charge in [-0.15, -0.1) is 22.7 Å². The van der Waals surface area contributed by atoms with Gasteiger partial charge < -0.3 is 24.9 Å². The Morgan fingerprint density at radius 3 is 2.04 bits per heavy atom. The van der Waals surface area contributed by atoms with Crippen LogP contribution in [-0.4, -0.2) is 52.6 Å². The lowest BCUT2D eigenvalue weighted by Gasteiger charge is -2.25. The highest BCUT2D eigenvalue weighted by atomic mass is 35.5. The van der Waals surface area contributed by atoms with Crippen molar-refractivity contribution in [2.45, 2.75) is 19.6 Å². The zero-order valence-electron chi connectivity index (χ0n) is 27.0. The van der Waals surface area contributed by atoms with Crippen LogP contribution in [0.25, 0.3) is 20.4 Å². The largest absolute Gasteiger partial charge is 0.379 e. The summed E-state index contributed by atoms with van der Waals surface area (Å²) in [5.74, 6) is -0.761. The summed E-state index contributed by atoms with van der Waals surface area (Å²) in [4.78, 5) is 58.0. The lowest BCUT2D eigenvalue weighted by atomic mass is 10.2. The van der Waals surface area contributed by atoms with E-state index in [9.17, 15) is 19.2 Å². The molecular formula is C36H33Cl2N5O5S2. The molecule has 2 aromatic carbocycles. The van der Waals surface area contributed by atoms with Gasteiger partial charge in [0, 0.05) is 67.1 Å². The molecule has 6 aromatic rings. The Balaban J connectivity index is 0.000000182. The van der Waals surface area contributed by atoms with Crippen LogP contribution in [0.2, 0.25) is 10.0 Å². The molecule has 0 bridgehead atoms.